The van der Waals surface area contributed by atoms with E-state index >= 15 is 0 Å². The molecule has 3 amide bonds. The molecule has 252 valence electrons. The van der Waals surface area contributed by atoms with Gasteiger partial charge in [0.25, 0.3) is 11.8 Å². The lowest BCUT2D eigenvalue weighted by Gasteiger charge is -2.34. The second-order valence-electron chi connectivity index (χ2n) is 14.8. The molecule has 2 fully saturated rings. The summed E-state index contributed by atoms with van der Waals surface area (Å²) in [5.74, 6) is 0.349. The van der Waals surface area contributed by atoms with Crippen molar-refractivity contribution in [3.63, 3.8) is 0 Å². The zero-order chi connectivity index (χ0) is 33.3. The molecular formula is C36H48N6O4S. The summed E-state index contributed by atoms with van der Waals surface area (Å²) >= 11 is 1.33. The maximum absolute atomic E-state index is 13.8. The highest BCUT2D eigenvalue weighted by Crippen LogP contribution is 2.38. The Kier molecular flexibility index (Phi) is 9.96. The number of hydrogen-bond acceptors (Lipinski definition) is 8. The molecular weight excluding hydrogens is 613 g/mol. The van der Waals surface area contributed by atoms with Crippen LogP contribution in [0.2, 0.25) is 0 Å². The molecule has 0 radical (unpaired) electrons. The van der Waals surface area contributed by atoms with Gasteiger partial charge in [0.15, 0.2) is 5.01 Å². The highest BCUT2D eigenvalue weighted by molar-refractivity contribution is 7.19. The van der Waals surface area contributed by atoms with Crippen molar-refractivity contribution in [3.05, 3.63) is 57.7 Å². The number of likely N-dealkylation sites (tertiary alicyclic amines) is 2. The number of piperidine rings is 1. The zero-order valence-corrected chi connectivity index (χ0v) is 28.9. The molecule has 0 spiro atoms. The Labute approximate surface area is 281 Å². The Morgan fingerprint density at radius 3 is 2.60 bits per heavy atom. The zero-order valence-electron chi connectivity index (χ0n) is 28.1. The lowest BCUT2D eigenvalue weighted by molar-refractivity contribution is -0.126. The Balaban J connectivity index is 1.18. The van der Waals surface area contributed by atoms with Crippen molar-refractivity contribution in [2.75, 3.05) is 39.8 Å². The van der Waals surface area contributed by atoms with Crippen LogP contribution >= 0.6 is 11.3 Å². The quantitative estimate of drug-likeness (QED) is 0.311. The summed E-state index contributed by atoms with van der Waals surface area (Å²) in [5, 5.41) is 16.6. The van der Waals surface area contributed by atoms with Crippen molar-refractivity contribution >= 4 is 39.4 Å². The van der Waals surface area contributed by atoms with Gasteiger partial charge in [-0.15, -0.1) is 0 Å². The van der Waals surface area contributed by atoms with Gasteiger partial charge < -0.3 is 25.5 Å². The van der Waals surface area contributed by atoms with E-state index in [9.17, 15) is 19.5 Å². The van der Waals surface area contributed by atoms with Crippen molar-refractivity contribution in [1.29, 1.82) is 0 Å². The fourth-order valence-corrected chi connectivity index (χ4v) is 8.02. The maximum Gasteiger partial charge on any atom is 0.280 e. The molecule has 0 saturated carbocycles. The van der Waals surface area contributed by atoms with Gasteiger partial charge in [-0.1, -0.05) is 44.2 Å². The largest absolute Gasteiger partial charge is 0.393 e. The van der Waals surface area contributed by atoms with E-state index in [0.29, 0.717) is 42.4 Å². The van der Waals surface area contributed by atoms with E-state index in [-0.39, 0.29) is 41.2 Å². The van der Waals surface area contributed by atoms with Gasteiger partial charge in [0, 0.05) is 63.4 Å². The predicted octanol–water partition coefficient (Wildman–Crippen LogP) is 4.37. The SMILES string of the molecule is CN1CC(CNC(=O)c2cccc(C(CCN3CCC(O)CC3)NC(=O)c3nc4cc5c(nc4s3)CC[C@H](C(C)(C)C)C5)c2)CC1=O. The summed E-state index contributed by atoms with van der Waals surface area (Å²) in [6, 6.07) is 9.22. The standard InChI is InChI=1S/C36H48N6O4S/c1-36(2,3)26-8-9-28-25(18-26)19-30-34(39-28)47-35(40-30)33(46)38-29(12-15-42-13-10-27(43)11-14-42)23-6-5-7-24(17-23)32(45)37-20-22-16-31(44)41(4)21-22/h5-7,17,19,22,26-27,29,43H,8-16,18,20-21H2,1-4H3,(H,37,45)(H,38,46)/t22?,26-,29?/m0/s1. The van der Waals surface area contributed by atoms with Gasteiger partial charge in [-0.25, -0.2) is 9.97 Å². The van der Waals surface area contributed by atoms with Crippen LogP contribution in [-0.2, 0) is 17.6 Å². The Hall–Kier alpha value is -3.41. The number of nitrogens with one attached hydrogen (secondary N) is 2. The Bertz CT molecular complexity index is 1630. The topological polar surface area (TPSA) is 128 Å². The van der Waals surface area contributed by atoms with Crippen LogP contribution in [0.4, 0.5) is 0 Å². The summed E-state index contributed by atoms with van der Waals surface area (Å²) in [5.41, 5.74) is 4.73. The number of nitrogens with zero attached hydrogens (tertiary/aromatic N) is 4. The summed E-state index contributed by atoms with van der Waals surface area (Å²) in [7, 11) is 1.79. The summed E-state index contributed by atoms with van der Waals surface area (Å²) in [6.45, 7) is 10.3. The number of aliphatic hydroxyl groups excluding tert-OH is 1. The third-order valence-corrected chi connectivity index (χ3v) is 11.3. The normalized spacial score (nSPS) is 21.6. The number of pyridine rings is 1. The molecule has 0 bridgehead atoms. The van der Waals surface area contributed by atoms with E-state index in [2.05, 4.69) is 42.4 Å². The molecule has 1 aromatic carbocycles. The van der Waals surface area contributed by atoms with Crippen LogP contribution in [0.15, 0.2) is 30.3 Å². The number of aliphatic hydroxyl groups is 1. The molecule has 2 unspecified atom stereocenters. The third kappa shape index (κ3) is 8.01. The monoisotopic (exact) mass is 660 g/mol. The van der Waals surface area contributed by atoms with Gasteiger partial charge in [-0.3, -0.25) is 14.4 Å². The molecule has 1 aliphatic carbocycles. The highest BCUT2D eigenvalue weighted by Gasteiger charge is 2.31. The van der Waals surface area contributed by atoms with Crippen LogP contribution in [0.1, 0.15) is 95.9 Å². The van der Waals surface area contributed by atoms with Gasteiger partial charge in [-0.05, 0) is 79.2 Å². The van der Waals surface area contributed by atoms with E-state index in [1.54, 1.807) is 18.0 Å². The van der Waals surface area contributed by atoms with Crippen molar-refractivity contribution in [1.82, 2.24) is 30.4 Å². The van der Waals surface area contributed by atoms with E-state index < -0.39 is 0 Å². The van der Waals surface area contributed by atoms with E-state index in [1.807, 2.05) is 18.2 Å². The fourth-order valence-electron chi connectivity index (χ4n) is 7.17. The number of carbonyl (C=O) groups excluding carboxylic acids is 3. The van der Waals surface area contributed by atoms with Crippen LogP contribution in [0, 0.1) is 17.3 Å². The van der Waals surface area contributed by atoms with Crippen molar-refractivity contribution in [3.8, 4) is 0 Å². The fraction of sp³-hybridized carbons (Fsp3) is 0.583. The van der Waals surface area contributed by atoms with E-state index in [0.717, 1.165) is 73.3 Å². The summed E-state index contributed by atoms with van der Waals surface area (Å²) in [6.07, 6.45) is 5.38. The van der Waals surface area contributed by atoms with Crippen LogP contribution < -0.4 is 10.6 Å². The summed E-state index contributed by atoms with van der Waals surface area (Å²) < 4.78 is 0. The average Bonchev–Trinajstić information content (AvgIpc) is 3.61. The molecule has 3 aliphatic rings. The molecule has 2 aromatic heterocycles. The third-order valence-electron chi connectivity index (χ3n) is 10.3. The number of fused-ring (bicyclic) bond motifs is 2. The minimum absolute atomic E-state index is 0.100. The molecule has 3 N–H and O–H groups in total. The van der Waals surface area contributed by atoms with Crippen molar-refractivity contribution < 1.29 is 19.5 Å². The molecule has 4 heterocycles. The van der Waals surface area contributed by atoms with Crippen LogP contribution in [0.25, 0.3) is 10.3 Å². The van der Waals surface area contributed by atoms with Gasteiger partial charge in [0.2, 0.25) is 5.91 Å². The van der Waals surface area contributed by atoms with Gasteiger partial charge in [-0.2, -0.15) is 0 Å². The minimum atomic E-state index is -0.344. The molecule has 11 heteroatoms. The first kappa shape index (κ1) is 33.5. The highest BCUT2D eigenvalue weighted by atomic mass is 32.1. The number of rotatable bonds is 9. The molecule has 6 rings (SSSR count). The van der Waals surface area contributed by atoms with Crippen LogP contribution in [0.3, 0.4) is 0 Å². The average molecular weight is 661 g/mol. The van der Waals surface area contributed by atoms with Crippen LogP contribution in [-0.4, -0.2) is 88.5 Å². The van der Waals surface area contributed by atoms with Crippen molar-refractivity contribution in [2.45, 2.75) is 77.9 Å². The van der Waals surface area contributed by atoms with Gasteiger partial charge in [0.05, 0.1) is 12.1 Å². The molecule has 47 heavy (non-hydrogen) atoms. The number of benzene rings is 1. The molecule has 3 aromatic rings. The predicted molar refractivity (Wildman–Crippen MR) is 183 cm³/mol. The second-order valence-corrected chi connectivity index (χ2v) is 15.8. The molecule has 2 aliphatic heterocycles. The number of aromatic nitrogens is 2. The van der Waals surface area contributed by atoms with Gasteiger partial charge in [0.1, 0.15) is 10.3 Å². The minimum Gasteiger partial charge on any atom is -0.393 e. The van der Waals surface area contributed by atoms with Crippen molar-refractivity contribution in [2.24, 2.45) is 17.3 Å². The number of carbonyl (C=O) groups is 3. The number of hydrogen-bond donors (Lipinski definition) is 3. The second kappa shape index (κ2) is 14.0. The maximum atomic E-state index is 13.8. The molecule has 2 saturated heterocycles. The van der Waals surface area contributed by atoms with E-state index in [1.165, 1.54) is 16.9 Å². The number of thiazole rings is 1. The molecule has 3 atom stereocenters. The molecule has 10 nitrogen and oxygen atoms in total. The number of aryl methyl sites for hydroxylation is 1. The first-order chi connectivity index (χ1) is 22.4. The smallest absolute Gasteiger partial charge is 0.280 e. The number of amides is 3. The lowest BCUT2D eigenvalue weighted by Crippen LogP contribution is -2.38. The van der Waals surface area contributed by atoms with E-state index in [4.69, 9.17) is 9.97 Å². The Morgan fingerprint density at radius 2 is 1.87 bits per heavy atom. The summed E-state index contributed by atoms with van der Waals surface area (Å²) in [4.78, 5) is 53.3. The Morgan fingerprint density at radius 1 is 1.09 bits per heavy atom. The first-order valence-electron chi connectivity index (χ1n) is 17.1. The lowest BCUT2D eigenvalue weighted by atomic mass is 9.71. The van der Waals surface area contributed by atoms with Crippen LogP contribution in [0.5, 0.6) is 0 Å². The van der Waals surface area contributed by atoms with Gasteiger partial charge >= 0.3 is 0 Å². The first-order valence-corrected chi connectivity index (χ1v) is 17.9.